The predicted octanol–water partition coefficient (Wildman–Crippen LogP) is 3.92. The molecule has 0 radical (unpaired) electrons. The number of methoxy groups -OCH3 is 3. The summed E-state index contributed by atoms with van der Waals surface area (Å²) in [6.45, 7) is 4.36. The SMILES string of the molecule is CN=C(NCCc1ccc(OC)c(OC)c1OC)N1CCN(c2cccc(Cl)c2)CC1.I. The molecule has 0 unspecified atom stereocenters. The van der Waals surface area contributed by atoms with E-state index in [1.807, 2.05) is 37.4 Å². The van der Waals surface area contributed by atoms with Gasteiger partial charge in [-0.3, -0.25) is 4.99 Å². The molecule has 1 heterocycles. The van der Waals surface area contributed by atoms with E-state index in [4.69, 9.17) is 25.8 Å². The second kappa shape index (κ2) is 12.8. The molecular weight excluding hydrogens is 543 g/mol. The van der Waals surface area contributed by atoms with Gasteiger partial charge in [-0.05, 0) is 30.7 Å². The lowest BCUT2D eigenvalue weighted by Crippen LogP contribution is -2.52. The summed E-state index contributed by atoms with van der Waals surface area (Å²) in [6.07, 6.45) is 0.769. The second-order valence-corrected chi connectivity index (χ2v) is 7.61. The third kappa shape index (κ3) is 6.25. The first kappa shape index (κ1) is 26.2. The summed E-state index contributed by atoms with van der Waals surface area (Å²) < 4.78 is 16.4. The smallest absolute Gasteiger partial charge is 0.203 e. The summed E-state index contributed by atoms with van der Waals surface area (Å²) in [7, 11) is 6.71. The number of aliphatic imine (C=N–C) groups is 1. The predicted molar refractivity (Wildman–Crippen MR) is 142 cm³/mol. The molecule has 2 aromatic carbocycles. The first-order chi connectivity index (χ1) is 15.1. The molecule has 1 aliphatic heterocycles. The Morgan fingerprint density at radius 3 is 2.31 bits per heavy atom. The van der Waals surface area contributed by atoms with Crippen molar-refractivity contribution in [3.63, 3.8) is 0 Å². The monoisotopic (exact) mass is 574 g/mol. The maximum Gasteiger partial charge on any atom is 0.203 e. The van der Waals surface area contributed by atoms with Gasteiger partial charge in [-0.1, -0.05) is 23.7 Å². The van der Waals surface area contributed by atoms with Crippen molar-refractivity contribution in [3.05, 3.63) is 47.0 Å². The number of guanidine groups is 1. The largest absolute Gasteiger partial charge is 0.493 e. The molecule has 2 aromatic rings. The van der Waals surface area contributed by atoms with Gasteiger partial charge >= 0.3 is 0 Å². The molecule has 9 heteroatoms. The molecule has 0 atom stereocenters. The molecule has 1 fully saturated rings. The Balaban J connectivity index is 0.00000363. The van der Waals surface area contributed by atoms with Gasteiger partial charge in [-0.2, -0.15) is 0 Å². The van der Waals surface area contributed by atoms with Crippen LogP contribution in [0.4, 0.5) is 5.69 Å². The number of rotatable bonds is 7. The lowest BCUT2D eigenvalue weighted by Gasteiger charge is -2.37. The van der Waals surface area contributed by atoms with E-state index in [0.29, 0.717) is 17.2 Å². The van der Waals surface area contributed by atoms with Crippen molar-refractivity contribution in [1.29, 1.82) is 0 Å². The Kier molecular flexibility index (Phi) is 10.5. The number of benzene rings is 2. The van der Waals surface area contributed by atoms with Gasteiger partial charge in [-0.15, -0.1) is 24.0 Å². The van der Waals surface area contributed by atoms with Crippen LogP contribution in [-0.4, -0.2) is 72.0 Å². The first-order valence-electron chi connectivity index (χ1n) is 10.3. The first-order valence-corrected chi connectivity index (χ1v) is 10.7. The van der Waals surface area contributed by atoms with Gasteiger partial charge in [0.2, 0.25) is 5.75 Å². The molecule has 32 heavy (non-hydrogen) atoms. The molecule has 3 rings (SSSR count). The third-order valence-corrected chi connectivity index (χ3v) is 5.66. The van der Waals surface area contributed by atoms with Crippen LogP contribution in [0.1, 0.15) is 5.56 Å². The highest BCUT2D eigenvalue weighted by molar-refractivity contribution is 14.0. The lowest BCUT2D eigenvalue weighted by molar-refractivity contribution is 0.322. The van der Waals surface area contributed by atoms with Crippen LogP contribution in [-0.2, 0) is 6.42 Å². The standard InChI is InChI=1S/C23H31ClN4O3.HI/c1-25-23(28-14-12-27(13-15-28)19-7-5-6-18(24)16-19)26-11-10-17-8-9-20(29-2)22(31-4)21(17)30-3;/h5-9,16H,10-15H2,1-4H3,(H,25,26);1H. The van der Waals surface area contributed by atoms with Gasteiger partial charge in [0.15, 0.2) is 17.5 Å². The molecule has 0 spiro atoms. The van der Waals surface area contributed by atoms with Gasteiger partial charge in [0.05, 0.1) is 21.3 Å². The molecule has 0 aliphatic carbocycles. The molecule has 1 N–H and O–H groups in total. The van der Waals surface area contributed by atoms with Crippen LogP contribution in [0.5, 0.6) is 17.2 Å². The van der Waals surface area contributed by atoms with Crippen LogP contribution in [0.25, 0.3) is 0 Å². The number of piperazine rings is 1. The third-order valence-electron chi connectivity index (χ3n) is 5.43. The van der Waals surface area contributed by atoms with Gasteiger partial charge < -0.3 is 29.3 Å². The quantitative estimate of drug-likeness (QED) is 0.307. The van der Waals surface area contributed by atoms with Crippen molar-refractivity contribution >= 4 is 47.2 Å². The normalized spacial score (nSPS) is 14.0. The molecule has 1 saturated heterocycles. The highest BCUT2D eigenvalue weighted by Crippen LogP contribution is 2.39. The number of anilines is 1. The Morgan fingerprint density at radius 2 is 1.72 bits per heavy atom. The van der Waals surface area contributed by atoms with Crippen LogP contribution in [0.3, 0.4) is 0 Å². The number of nitrogens with zero attached hydrogens (tertiary/aromatic N) is 3. The van der Waals surface area contributed by atoms with Gasteiger partial charge in [-0.25, -0.2) is 0 Å². The summed E-state index contributed by atoms with van der Waals surface area (Å²) in [6, 6.07) is 11.9. The highest BCUT2D eigenvalue weighted by atomic mass is 127. The minimum atomic E-state index is 0. The molecule has 0 bridgehead atoms. The Bertz CT molecular complexity index is 905. The van der Waals surface area contributed by atoms with Gasteiger partial charge in [0, 0.05) is 56.0 Å². The van der Waals surface area contributed by atoms with Crippen molar-refractivity contribution in [2.24, 2.45) is 4.99 Å². The number of nitrogens with one attached hydrogen (secondary N) is 1. The fraction of sp³-hybridized carbons (Fsp3) is 0.435. The average molecular weight is 575 g/mol. The fourth-order valence-corrected chi connectivity index (χ4v) is 4.04. The number of ether oxygens (including phenoxy) is 3. The molecular formula is C23H32ClIN4O3. The van der Waals surface area contributed by atoms with E-state index < -0.39 is 0 Å². The molecule has 176 valence electrons. The summed E-state index contributed by atoms with van der Waals surface area (Å²) >= 11 is 6.14. The molecule has 7 nitrogen and oxygen atoms in total. The van der Waals surface area contributed by atoms with E-state index in [-0.39, 0.29) is 24.0 Å². The molecule has 0 amide bonds. The number of hydrogen-bond acceptors (Lipinski definition) is 5. The van der Waals surface area contributed by atoms with Crippen molar-refractivity contribution in [1.82, 2.24) is 10.2 Å². The van der Waals surface area contributed by atoms with Crippen LogP contribution < -0.4 is 24.4 Å². The Hall–Kier alpha value is -2.07. The van der Waals surface area contributed by atoms with E-state index in [1.54, 1.807) is 21.3 Å². The van der Waals surface area contributed by atoms with E-state index in [0.717, 1.165) is 61.4 Å². The Labute approximate surface area is 212 Å². The fourth-order valence-electron chi connectivity index (χ4n) is 3.85. The van der Waals surface area contributed by atoms with Crippen molar-refractivity contribution < 1.29 is 14.2 Å². The van der Waals surface area contributed by atoms with Crippen LogP contribution in [0.15, 0.2) is 41.4 Å². The minimum absolute atomic E-state index is 0. The van der Waals surface area contributed by atoms with Crippen LogP contribution in [0, 0.1) is 0 Å². The summed E-state index contributed by atoms with van der Waals surface area (Å²) in [5.74, 6) is 2.88. The van der Waals surface area contributed by atoms with E-state index in [1.165, 1.54) is 0 Å². The van der Waals surface area contributed by atoms with Crippen LogP contribution >= 0.6 is 35.6 Å². The lowest BCUT2D eigenvalue weighted by atomic mass is 10.1. The second-order valence-electron chi connectivity index (χ2n) is 7.17. The van der Waals surface area contributed by atoms with Crippen molar-refractivity contribution in [3.8, 4) is 17.2 Å². The summed E-state index contributed by atoms with van der Waals surface area (Å²) in [5.41, 5.74) is 2.21. The van der Waals surface area contributed by atoms with E-state index >= 15 is 0 Å². The summed E-state index contributed by atoms with van der Waals surface area (Å²) in [5, 5.41) is 4.24. The Morgan fingerprint density at radius 1 is 1.00 bits per heavy atom. The minimum Gasteiger partial charge on any atom is -0.493 e. The zero-order chi connectivity index (χ0) is 22.2. The highest BCUT2D eigenvalue weighted by Gasteiger charge is 2.20. The zero-order valence-electron chi connectivity index (χ0n) is 19.1. The van der Waals surface area contributed by atoms with Crippen molar-refractivity contribution in [2.45, 2.75) is 6.42 Å². The van der Waals surface area contributed by atoms with Crippen molar-refractivity contribution in [2.75, 3.05) is 66.0 Å². The summed E-state index contributed by atoms with van der Waals surface area (Å²) in [4.78, 5) is 9.11. The van der Waals surface area contributed by atoms with Gasteiger partial charge in [0.25, 0.3) is 0 Å². The number of halogens is 2. The zero-order valence-corrected chi connectivity index (χ0v) is 22.1. The maximum absolute atomic E-state index is 6.14. The molecule has 0 aromatic heterocycles. The molecule has 0 saturated carbocycles. The number of hydrogen-bond donors (Lipinski definition) is 1. The van der Waals surface area contributed by atoms with Crippen LogP contribution in [0.2, 0.25) is 5.02 Å². The topological polar surface area (TPSA) is 58.6 Å². The van der Waals surface area contributed by atoms with E-state index in [9.17, 15) is 0 Å². The van der Waals surface area contributed by atoms with E-state index in [2.05, 4.69) is 26.2 Å². The maximum atomic E-state index is 6.14. The van der Waals surface area contributed by atoms with Gasteiger partial charge in [0.1, 0.15) is 0 Å². The average Bonchev–Trinajstić information content (AvgIpc) is 2.81. The molecule has 1 aliphatic rings.